The Labute approximate surface area is 161 Å². The minimum Gasteiger partial charge on any atom is -0.483 e. The molecule has 0 spiro atoms. The number of fused-ring (bicyclic) bond motifs is 1. The molecule has 0 unspecified atom stereocenters. The van der Waals surface area contributed by atoms with Crippen molar-refractivity contribution in [1.29, 1.82) is 0 Å². The predicted octanol–water partition coefficient (Wildman–Crippen LogP) is 3.22. The van der Waals surface area contributed by atoms with Crippen molar-refractivity contribution >= 4 is 5.91 Å². The Morgan fingerprint density at radius 1 is 0.893 bits per heavy atom. The number of ether oxygens (including phenoxy) is 1. The largest absolute Gasteiger partial charge is 0.483 e. The minimum atomic E-state index is -0.320. The zero-order valence-corrected chi connectivity index (χ0v) is 15.2. The van der Waals surface area contributed by atoms with Crippen LogP contribution in [0, 0.1) is 5.82 Å². The fourth-order valence-corrected chi connectivity index (χ4v) is 3.27. The molecule has 0 N–H and O–H groups in total. The molecule has 0 saturated heterocycles. The number of carbonyl (C=O) groups is 1. The molecule has 0 atom stereocenters. The molecule has 0 saturated carbocycles. The molecule has 6 heteroatoms. The first-order chi connectivity index (χ1) is 13.6. The van der Waals surface area contributed by atoms with Gasteiger partial charge in [-0.05, 0) is 23.3 Å². The summed E-state index contributed by atoms with van der Waals surface area (Å²) >= 11 is 0. The summed E-state index contributed by atoms with van der Waals surface area (Å²) in [6, 6.07) is 17.0. The first-order valence-corrected chi connectivity index (χ1v) is 9.06. The minimum absolute atomic E-state index is 0.0696. The molecule has 5 nitrogen and oxygen atoms in total. The molecule has 0 aliphatic carbocycles. The van der Waals surface area contributed by atoms with Crippen molar-refractivity contribution in [3.05, 3.63) is 99.7 Å². The number of aromatic nitrogens is 1. The van der Waals surface area contributed by atoms with Gasteiger partial charge in [-0.25, -0.2) is 4.39 Å². The highest BCUT2D eigenvalue weighted by molar-refractivity contribution is 5.95. The summed E-state index contributed by atoms with van der Waals surface area (Å²) in [7, 11) is 0. The number of rotatable bonds is 5. The van der Waals surface area contributed by atoms with Crippen molar-refractivity contribution in [2.24, 2.45) is 0 Å². The molecule has 4 rings (SSSR count). The molecule has 1 aromatic heterocycles. The van der Waals surface area contributed by atoms with E-state index in [1.54, 1.807) is 27.8 Å². The molecule has 2 aromatic carbocycles. The van der Waals surface area contributed by atoms with Gasteiger partial charge in [0.15, 0.2) is 11.4 Å². The molecule has 3 aromatic rings. The number of benzene rings is 2. The highest BCUT2D eigenvalue weighted by Crippen LogP contribution is 2.22. The lowest BCUT2D eigenvalue weighted by atomic mass is 10.1. The number of hydrogen-bond donors (Lipinski definition) is 0. The Morgan fingerprint density at radius 3 is 2.39 bits per heavy atom. The molecule has 0 bridgehead atoms. The van der Waals surface area contributed by atoms with Gasteiger partial charge < -0.3 is 14.2 Å². The number of halogens is 1. The summed E-state index contributed by atoms with van der Waals surface area (Å²) in [6.07, 6.45) is 1.63. The lowest BCUT2D eigenvalue weighted by Crippen LogP contribution is -2.41. The van der Waals surface area contributed by atoms with Gasteiger partial charge in [-0.3, -0.25) is 9.59 Å². The Kier molecular flexibility index (Phi) is 4.93. The van der Waals surface area contributed by atoms with Crippen molar-refractivity contribution in [2.75, 3.05) is 6.54 Å². The second-order valence-electron chi connectivity index (χ2n) is 6.68. The SMILES string of the molecule is O=C1c2c(OCc3ccccc3)c(=O)ccn2CCN1Cc1ccc(F)cc1. The van der Waals surface area contributed by atoms with Crippen LogP contribution < -0.4 is 10.2 Å². The molecule has 1 amide bonds. The molecule has 0 radical (unpaired) electrons. The Morgan fingerprint density at radius 2 is 1.64 bits per heavy atom. The summed E-state index contributed by atoms with van der Waals surface area (Å²) in [6.45, 7) is 1.62. The van der Waals surface area contributed by atoms with Gasteiger partial charge in [0.2, 0.25) is 5.43 Å². The summed E-state index contributed by atoms with van der Waals surface area (Å²) in [5.74, 6) is -0.515. The van der Waals surface area contributed by atoms with E-state index < -0.39 is 0 Å². The second-order valence-corrected chi connectivity index (χ2v) is 6.68. The fraction of sp³-hybridized carbons (Fsp3) is 0.182. The highest BCUT2D eigenvalue weighted by Gasteiger charge is 2.29. The third-order valence-electron chi connectivity index (χ3n) is 4.75. The smallest absolute Gasteiger partial charge is 0.274 e. The van der Waals surface area contributed by atoms with Crippen LogP contribution in [0.1, 0.15) is 21.6 Å². The van der Waals surface area contributed by atoms with Gasteiger partial charge in [0.1, 0.15) is 12.4 Å². The van der Waals surface area contributed by atoms with Crippen molar-refractivity contribution < 1.29 is 13.9 Å². The fourth-order valence-electron chi connectivity index (χ4n) is 3.27. The van der Waals surface area contributed by atoms with E-state index >= 15 is 0 Å². The normalized spacial score (nSPS) is 13.3. The van der Waals surface area contributed by atoms with E-state index in [1.807, 2.05) is 30.3 Å². The monoisotopic (exact) mass is 378 g/mol. The highest BCUT2D eigenvalue weighted by atomic mass is 19.1. The van der Waals surface area contributed by atoms with Crippen molar-refractivity contribution in [2.45, 2.75) is 19.7 Å². The zero-order chi connectivity index (χ0) is 19.5. The molecular weight excluding hydrogens is 359 g/mol. The Bertz CT molecular complexity index is 1050. The van der Waals surface area contributed by atoms with Crippen molar-refractivity contribution in [1.82, 2.24) is 9.47 Å². The zero-order valence-electron chi connectivity index (χ0n) is 15.2. The van der Waals surface area contributed by atoms with Crippen LogP contribution in [0.3, 0.4) is 0 Å². The van der Waals surface area contributed by atoms with Crippen LogP contribution >= 0.6 is 0 Å². The molecule has 28 heavy (non-hydrogen) atoms. The lowest BCUT2D eigenvalue weighted by molar-refractivity contribution is 0.0680. The van der Waals surface area contributed by atoms with Gasteiger partial charge in [0.25, 0.3) is 5.91 Å². The van der Waals surface area contributed by atoms with E-state index in [2.05, 4.69) is 0 Å². The molecule has 1 aliphatic heterocycles. The first-order valence-electron chi connectivity index (χ1n) is 9.06. The van der Waals surface area contributed by atoms with Gasteiger partial charge in [-0.1, -0.05) is 42.5 Å². The van der Waals surface area contributed by atoms with Crippen LogP contribution in [0.4, 0.5) is 4.39 Å². The molecule has 0 fully saturated rings. The average molecular weight is 378 g/mol. The Balaban J connectivity index is 1.60. The van der Waals surface area contributed by atoms with E-state index in [9.17, 15) is 14.0 Å². The second kappa shape index (κ2) is 7.68. The van der Waals surface area contributed by atoms with E-state index in [1.165, 1.54) is 18.2 Å². The van der Waals surface area contributed by atoms with Gasteiger partial charge in [-0.15, -0.1) is 0 Å². The molecule has 1 aliphatic rings. The summed E-state index contributed by atoms with van der Waals surface area (Å²) in [4.78, 5) is 27.1. The lowest BCUT2D eigenvalue weighted by Gasteiger charge is -2.30. The van der Waals surface area contributed by atoms with E-state index in [-0.39, 0.29) is 35.2 Å². The van der Waals surface area contributed by atoms with E-state index in [0.29, 0.717) is 19.6 Å². The van der Waals surface area contributed by atoms with Crippen LogP contribution in [0.15, 0.2) is 71.7 Å². The van der Waals surface area contributed by atoms with Gasteiger partial charge in [-0.2, -0.15) is 0 Å². The molecule has 2 heterocycles. The third kappa shape index (κ3) is 3.67. The van der Waals surface area contributed by atoms with E-state index in [4.69, 9.17) is 4.74 Å². The number of carbonyl (C=O) groups excluding carboxylic acids is 1. The van der Waals surface area contributed by atoms with Crippen LogP contribution in [-0.4, -0.2) is 21.9 Å². The topological polar surface area (TPSA) is 51.5 Å². The molecule has 142 valence electrons. The standard InChI is InChI=1S/C22H19FN2O3/c23-18-8-6-16(7-9-18)14-25-13-12-24-11-10-19(26)21(20(24)22(25)27)28-15-17-4-2-1-3-5-17/h1-11H,12-15H2. The quantitative estimate of drug-likeness (QED) is 0.685. The first kappa shape index (κ1) is 18.0. The van der Waals surface area contributed by atoms with Crippen molar-refractivity contribution in [3.63, 3.8) is 0 Å². The van der Waals surface area contributed by atoms with Crippen LogP contribution in [0.2, 0.25) is 0 Å². The van der Waals surface area contributed by atoms with Gasteiger partial charge >= 0.3 is 0 Å². The van der Waals surface area contributed by atoms with Gasteiger partial charge in [0, 0.05) is 31.9 Å². The number of pyridine rings is 1. The van der Waals surface area contributed by atoms with Crippen molar-refractivity contribution in [3.8, 4) is 5.75 Å². The number of hydrogen-bond acceptors (Lipinski definition) is 3. The number of amides is 1. The maximum atomic E-state index is 13.1. The van der Waals surface area contributed by atoms with Crippen LogP contribution in [0.25, 0.3) is 0 Å². The van der Waals surface area contributed by atoms with Crippen LogP contribution in [0.5, 0.6) is 5.75 Å². The maximum absolute atomic E-state index is 13.1. The van der Waals surface area contributed by atoms with E-state index in [0.717, 1.165) is 11.1 Å². The summed E-state index contributed by atoms with van der Waals surface area (Å²) in [5.41, 5.74) is 1.68. The average Bonchev–Trinajstić information content (AvgIpc) is 2.72. The Hall–Kier alpha value is -3.41. The molecular formula is C22H19FN2O3. The summed E-state index contributed by atoms with van der Waals surface area (Å²) in [5, 5.41) is 0. The summed E-state index contributed by atoms with van der Waals surface area (Å²) < 4.78 is 20.7. The predicted molar refractivity (Wildman–Crippen MR) is 103 cm³/mol. The van der Waals surface area contributed by atoms with Gasteiger partial charge in [0.05, 0.1) is 0 Å². The third-order valence-corrected chi connectivity index (χ3v) is 4.75. The maximum Gasteiger partial charge on any atom is 0.274 e. The van der Waals surface area contributed by atoms with Crippen LogP contribution in [-0.2, 0) is 19.7 Å². The number of nitrogens with zero attached hydrogens (tertiary/aromatic N) is 2.